The Morgan fingerprint density at radius 2 is 0.934 bits per heavy atom. The minimum atomic E-state index is 0. The van der Waals surface area contributed by atoms with Gasteiger partial charge in [0.15, 0.2) is 0 Å². The van der Waals surface area contributed by atoms with Crippen LogP contribution in [-0.2, 0) is 0 Å². The maximum Gasteiger partial charge on any atom is 0.0401 e. The minimum Gasteiger partial charge on any atom is -0.261 e. The maximum absolute atomic E-state index is 4.18. The van der Waals surface area contributed by atoms with Crippen LogP contribution in [0.3, 0.4) is 0 Å². The number of nitrogens with zero attached hydrogens (tertiary/aromatic N) is 2. The first-order valence-corrected chi connectivity index (χ1v) is 23.5. The van der Waals surface area contributed by atoms with Gasteiger partial charge in [-0.1, -0.05) is 203 Å². The smallest absolute Gasteiger partial charge is 0.0401 e. The summed E-state index contributed by atoms with van der Waals surface area (Å²) in [5.41, 5.74) is 14.6. The highest BCUT2D eigenvalue weighted by Gasteiger charge is 2.32. The predicted octanol–water partition coefficient (Wildman–Crippen LogP) is 19.8. The summed E-state index contributed by atoms with van der Waals surface area (Å²) >= 11 is 0. The topological polar surface area (TPSA) is 25.8 Å². The van der Waals surface area contributed by atoms with E-state index >= 15 is 0 Å². The van der Waals surface area contributed by atoms with Crippen LogP contribution in [0, 0.1) is 91.4 Å². The first kappa shape index (κ1) is 66.8. The summed E-state index contributed by atoms with van der Waals surface area (Å²) in [6.45, 7) is 54.2. The van der Waals surface area contributed by atoms with Crippen molar-refractivity contribution in [2.75, 3.05) is 0 Å². The minimum absolute atomic E-state index is 0. The monoisotopic (exact) mass is 843 g/mol. The fourth-order valence-corrected chi connectivity index (χ4v) is 5.44. The van der Waals surface area contributed by atoms with Crippen molar-refractivity contribution >= 4 is 0 Å². The van der Waals surface area contributed by atoms with Gasteiger partial charge in [-0.25, -0.2) is 0 Å². The van der Waals surface area contributed by atoms with Gasteiger partial charge in [0.1, 0.15) is 0 Å². The third-order valence-corrected chi connectivity index (χ3v) is 9.99. The lowest BCUT2D eigenvalue weighted by atomic mass is 9.65. The first-order valence-electron chi connectivity index (χ1n) is 23.5. The number of pyridine rings is 2. The summed E-state index contributed by atoms with van der Waals surface area (Å²) in [6.07, 6.45) is 13.2. The molecule has 0 saturated heterocycles. The molecule has 0 amide bonds. The molecule has 2 aromatic carbocycles. The Bertz CT molecular complexity index is 1440. The molecule has 1 saturated carbocycles. The number of hydrogen-bond donors (Lipinski definition) is 0. The Kier molecular flexibility index (Phi) is 40.9. The number of unbranched alkanes of at least 4 members (excludes halogenated alkanes) is 1. The summed E-state index contributed by atoms with van der Waals surface area (Å²) in [4.78, 5) is 8.26. The van der Waals surface area contributed by atoms with E-state index in [2.05, 4.69) is 203 Å². The van der Waals surface area contributed by atoms with E-state index in [1.54, 1.807) is 0 Å². The highest BCUT2D eigenvalue weighted by atomic mass is 14.7. The zero-order valence-corrected chi connectivity index (χ0v) is 44.8. The molecule has 1 aliphatic rings. The van der Waals surface area contributed by atoms with Gasteiger partial charge < -0.3 is 0 Å². The van der Waals surface area contributed by atoms with E-state index in [1.807, 2.05) is 53.1 Å². The van der Waals surface area contributed by atoms with Crippen LogP contribution in [0.4, 0.5) is 0 Å². The van der Waals surface area contributed by atoms with E-state index in [9.17, 15) is 0 Å². The fourth-order valence-electron chi connectivity index (χ4n) is 5.44. The summed E-state index contributed by atoms with van der Waals surface area (Å²) in [5, 5.41) is 0. The van der Waals surface area contributed by atoms with E-state index in [1.165, 1.54) is 89.5 Å². The molecular weight excluding hydrogens is 737 g/mol. The van der Waals surface area contributed by atoms with Crippen LogP contribution in [0.1, 0.15) is 212 Å². The van der Waals surface area contributed by atoms with Crippen molar-refractivity contribution in [3.05, 3.63) is 129 Å². The molecule has 2 nitrogen and oxygen atoms in total. The molecule has 0 radical (unpaired) electrons. The SMILES string of the molecule is C.CC.CC1CC(C)(C)C1.CCC(C)(C)C.CCCC.CCCC(C)(C)C.Cc1ccc(C)cc1.Cc1ccc(C)nc1.Cc1cccc(C)c1C.Cc1cnc(C)c(C)c1. The molecule has 4 aromatic rings. The average molecular weight is 844 g/mol. The number of aromatic nitrogens is 2. The number of rotatable bonds is 2. The van der Waals surface area contributed by atoms with E-state index in [-0.39, 0.29) is 7.43 Å². The van der Waals surface area contributed by atoms with Crippen LogP contribution >= 0.6 is 0 Å². The Labute approximate surface area is 385 Å². The van der Waals surface area contributed by atoms with Crippen molar-refractivity contribution in [3.8, 4) is 0 Å². The summed E-state index contributed by atoms with van der Waals surface area (Å²) in [7, 11) is 0. The molecule has 0 unspecified atom stereocenters. The fraction of sp³-hybridized carbons (Fsp3) is 0.627. The Balaban J connectivity index is -0.000000196. The summed E-state index contributed by atoms with van der Waals surface area (Å²) < 4.78 is 0. The van der Waals surface area contributed by atoms with Gasteiger partial charge in [-0.15, -0.1) is 0 Å². The van der Waals surface area contributed by atoms with Crippen LogP contribution in [0.25, 0.3) is 0 Å². The summed E-state index contributed by atoms with van der Waals surface area (Å²) in [5.74, 6) is 1.01. The molecule has 1 aliphatic carbocycles. The highest BCUT2D eigenvalue weighted by molar-refractivity contribution is 5.31. The average Bonchev–Trinajstić information content (AvgIpc) is 3.15. The van der Waals surface area contributed by atoms with Gasteiger partial charge in [0.05, 0.1) is 0 Å². The van der Waals surface area contributed by atoms with Crippen molar-refractivity contribution in [1.29, 1.82) is 0 Å². The number of benzene rings is 2. The lowest BCUT2D eigenvalue weighted by Gasteiger charge is -2.40. The van der Waals surface area contributed by atoms with E-state index < -0.39 is 0 Å². The summed E-state index contributed by atoms with van der Waals surface area (Å²) in [6, 6.07) is 21.1. The van der Waals surface area contributed by atoms with Gasteiger partial charge in [-0.3, -0.25) is 9.97 Å². The Hall–Kier alpha value is -3.26. The molecule has 2 heteroatoms. The molecular formula is C59H106N2. The van der Waals surface area contributed by atoms with Gasteiger partial charge in [-0.2, -0.15) is 0 Å². The van der Waals surface area contributed by atoms with Gasteiger partial charge in [0.2, 0.25) is 0 Å². The molecule has 0 atom stereocenters. The van der Waals surface area contributed by atoms with Crippen molar-refractivity contribution in [2.24, 2.45) is 22.2 Å². The van der Waals surface area contributed by atoms with Gasteiger partial charge in [0, 0.05) is 23.8 Å². The molecule has 5 rings (SSSR count). The zero-order valence-electron chi connectivity index (χ0n) is 44.8. The number of hydrogen-bond acceptors (Lipinski definition) is 2. The van der Waals surface area contributed by atoms with Crippen molar-refractivity contribution in [2.45, 2.75) is 225 Å². The molecule has 352 valence electrons. The molecule has 2 heterocycles. The molecule has 0 bridgehead atoms. The van der Waals surface area contributed by atoms with E-state index in [0.29, 0.717) is 16.2 Å². The number of aryl methyl sites for hydroxylation is 9. The van der Waals surface area contributed by atoms with Crippen LogP contribution in [-0.4, -0.2) is 9.97 Å². The first-order chi connectivity index (χ1) is 27.6. The Morgan fingerprint density at radius 3 is 1.13 bits per heavy atom. The molecule has 0 aliphatic heterocycles. The normalized spacial score (nSPS) is 11.8. The third-order valence-electron chi connectivity index (χ3n) is 9.99. The van der Waals surface area contributed by atoms with Crippen LogP contribution in [0.5, 0.6) is 0 Å². The van der Waals surface area contributed by atoms with Crippen molar-refractivity contribution in [1.82, 2.24) is 9.97 Å². The van der Waals surface area contributed by atoms with Crippen molar-refractivity contribution < 1.29 is 0 Å². The quantitative estimate of drug-likeness (QED) is 0.201. The molecule has 0 N–H and O–H groups in total. The van der Waals surface area contributed by atoms with Crippen molar-refractivity contribution in [3.63, 3.8) is 0 Å². The largest absolute Gasteiger partial charge is 0.261 e. The predicted molar refractivity (Wildman–Crippen MR) is 284 cm³/mol. The lowest BCUT2D eigenvalue weighted by molar-refractivity contribution is 0.111. The highest BCUT2D eigenvalue weighted by Crippen LogP contribution is 2.44. The Morgan fingerprint density at radius 1 is 0.541 bits per heavy atom. The molecule has 2 aromatic heterocycles. The van der Waals surface area contributed by atoms with Crippen LogP contribution in [0.15, 0.2) is 73.1 Å². The third kappa shape index (κ3) is 44.6. The molecule has 1 fully saturated rings. The standard InChI is InChI=1S/C9H12.C8H11N.C8H10.C7H9N.C7H14.C7H16.C6H14.C4H10.C2H6.CH4/c1-7-5-4-6-8(2)9(7)3;1-6-4-7(2)8(3)9-5-6;1-7-3-5-8(2)6-4-7;1-6-3-4-7(2)8-5-6;1-6-4-7(2,3)5-6;1-5-6-7(2,3)4;1-5-6(2,3)4;1-3-4-2;1-2;/h4-6H,1-3H3;4-5H,1-3H3;3-6H,1-2H3;3-5H,1-2H3;6H,4-5H2,1-3H3;5-6H2,1-4H3;5H2,1-4H3;3-4H2,1-2H3;1-2H3;1H4. The van der Waals surface area contributed by atoms with E-state index in [0.717, 1.165) is 17.3 Å². The van der Waals surface area contributed by atoms with Gasteiger partial charge in [-0.05, 0) is 150 Å². The molecule has 61 heavy (non-hydrogen) atoms. The molecule has 0 spiro atoms. The lowest BCUT2D eigenvalue weighted by Crippen LogP contribution is -2.29. The second-order valence-electron chi connectivity index (χ2n) is 20.0. The second-order valence-corrected chi connectivity index (χ2v) is 20.0. The van der Waals surface area contributed by atoms with Crippen LogP contribution in [0.2, 0.25) is 0 Å². The zero-order chi connectivity index (χ0) is 47.7. The van der Waals surface area contributed by atoms with Gasteiger partial charge in [0.25, 0.3) is 0 Å². The van der Waals surface area contributed by atoms with E-state index in [4.69, 9.17) is 0 Å². The second kappa shape index (κ2) is 37.3. The van der Waals surface area contributed by atoms with Gasteiger partial charge >= 0.3 is 0 Å². The maximum atomic E-state index is 4.18. The van der Waals surface area contributed by atoms with Crippen LogP contribution < -0.4 is 0 Å².